The van der Waals surface area contributed by atoms with E-state index in [-0.39, 0.29) is 5.82 Å². The highest BCUT2D eigenvalue weighted by molar-refractivity contribution is 5.19. The predicted molar refractivity (Wildman–Crippen MR) is 69.4 cm³/mol. The highest BCUT2D eigenvalue weighted by Gasteiger charge is 2.31. The van der Waals surface area contributed by atoms with E-state index in [1.165, 1.54) is 24.8 Å². The van der Waals surface area contributed by atoms with Crippen molar-refractivity contribution >= 4 is 0 Å². The van der Waals surface area contributed by atoms with Gasteiger partial charge in [-0.3, -0.25) is 0 Å². The summed E-state index contributed by atoms with van der Waals surface area (Å²) in [5, 5.41) is 3.63. The first-order chi connectivity index (χ1) is 8.13. The van der Waals surface area contributed by atoms with Gasteiger partial charge in [0, 0.05) is 12.6 Å². The Kier molecular flexibility index (Phi) is 3.82. The van der Waals surface area contributed by atoms with Gasteiger partial charge in [0.05, 0.1) is 0 Å². The second kappa shape index (κ2) is 5.18. The minimum Gasteiger partial charge on any atom is -0.309 e. The fraction of sp³-hybridized carbons (Fsp3) is 0.600. The van der Waals surface area contributed by atoms with Crippen LogP contribution in [0.3, 0.4) is 0 Å². The van der Waals surface area contributed by atoms with E-state index in [9.17, 15) is 4.39 Å². The van der Waals surface area contributed by atoms with Crippen LogP contribution in [0.1, 0.15) is 51.1 Å². The third-order valence-corrected chi connectivity index (χ3v) is 4.02. The zero-order chi connectivity index (χ0) is 12.3. The Morgan fingerprint density at radius 2 is 1.94 bits per heavy atom. The number of benzene rings is 1. The molecule has 1 N–H and O–H groups in total. The average molecular weight is 235 g/mol. The second-order valence-corrected chi connectivity index (χ2v) is 5.56. The summed E-state index contributed by atoms with van der Waals surface area (Å²) in [5.41, 5.74) is 1.69. The molecular formula is C15H22FN. The molecule has 1 aromatic rings. The van der Waals surface area contributed by atoms with Gasteiger partial charge in [0.15, 0.2) is 0 Å². The molecule has 17 heavy (non-hydrogen) atoms. The molecular weight excluding hydrogens is 213 g/mol. The number of hydrogen-bond donors (Lipinski definition) is 1. The molecule has 0 radical (unpaired) electrons. The fourth-order valence-electron chi connectivity index (χ4n) is 2.52. The van der Waals surface area contributed by atoms with E-state index in [2.05, 4.69) is 19.2 Å². The largest absolute Gasteiger partial charge is 0.309 e. The maximum absolute atomic E-state index is 12.9. The molecule has 1 aromatic carbocycles. The van der Waals surface area contributed by atoms with Crippen LogP contribution in [0.5, 0.6) is 0 Å². The van der Waals surface area contributed by atoms with Crippen molar-refractivity contribution in [3.63, 3.8) is 0 Å². The first-order valence-electron chi connectivity index (χ1n) is 6.62. The maximum atomic E-state index is 12.9. The summed E-state index contributed by atoms with van der Waals surface area (Å²) in [5.74, 6) is -0.158. The van der Waals surface area contributed by atoms with Gasteiger partial charge in [-0.15, -0.1) is 0 Å². The normalized spacial score (nSPS) is 19.7. The van der Waals surface area contributed by atoms with Gasteiger partial charge in [0.2, 0.25) is 0 Å². The van der Waals surface area contributed by atoms with Gasteiger partial charge in [-0.2, -0.15) is 0 Å². The van der Waals surface area contributed by atoms with Crippen molar-refractivity contribution in [1.29, 1.82) is 0 Å². The molecule has 2 rings (SSSR count). The molecule has 1 atom stereocenters. The van der Waals surface area contributed by atoms with Gasteiger partial charge in [-0.1, -0.05) is 32.4 Å². The number of nitrogens with one attached hydrogen (secondary N) is 1. The van der Waals surface area contributed by atoms with E-state index >= 15 is 0 Å². The Balaban J connectivity index is 1.94. The van der Waals surface area contributed by atoms with Gasteiger partial charge in [-0.05, 0) is 42.4 Å². The quantitative estimate of drug-likeness (QED) is 0.811. The third-order valence-electron chi connectivity index (χ3n) is 4.02. The molecule has 0 amide bonds. The average Bonchev–Trinajstić information content (AvgIpc) is 2.30. The monoisotopic (exact) mass is 235 g/mol. The van der Waals surface area contributed by atoms with E-state index < -0.39 is 0 Å². The summed E-state index contributed by atoms with van der Waals surface area (Å²) in [7, 11) is 0. The Labute approximate surface area is 103 Å². The molecule has 0 bridgehead atoms. The van der Waals surface area contributed by atoms with Crippen LogP contribution in [-0.2, 0) is 0 Å². The van der Waals surface area contributed by atoms with Crippen molar-refractivity contribution in [2.45, 2.75) is 45.6 Å². The molecule has 0 aromatic heterocycles. The van der Waals surface area contributed by atoms with Crippen LogP contribution >= 0.6 is 0 Å². The lowest BCUT2D eigenvalue weighted by Crippen LogP contribution is -2.38. The lowest BCUT2D eigenvalue weighted by atomic mass is 9.70. The van der Waals surface area contributed by atoms with E-state index in [0.717, 1.165) is 13.0 Å². The molecule has 1 aliphatic rings. The number of rotatable bonds is 5. The minimum atomic E-state index is -0.158. The van der Waals surface area contributed by atoms with Crippen molar-refractivity contribution in [1.82, 2.24) is 5.32 Å². The van der Waals surface area contributed by atoms with Crippen molar-refractivity contribution < 1.29 is 4.39 Å². The van der Waals surface area contributed by atoms with Crippen molar-refractivity contribution in [2.24, 2.45) is 5.41 Å². The van der Waals surface area contributed by atoms with Gasteiger partial charge < -0.3 is 5.32 Å². The molecule has 0 saturated heterocycles. The zero-order valence-electron chi connectivity index (χ0n) is 10.8. The number of halogens is 1. The summed E-state index contributed by atoms with van der Waals surface area (Å²) < 4.78 is 12.9. The molecule has 0 spiro atoms. The van der Waals surface area contributed by atoms with Crippen molar-refractivity contribution in [2.75, 3.05) is 6.54 Å². The Morgan fingerprint density at radius 1 is 1.29 bits per heavy atom. The van der Waals surface area contributed by atoms with Gasteiger partial charge >= 0.3 is 0 Å². The first-order valence-corrected chi connectivity index (χ1v) is 6.62. The smallest absolute Gasteiger partial charge is 0.123 e. The molecule has 0 aliphatic heterocycles. The Bertz CT molecular complexity index is 354. The SMILES string of the molecule is CCC(NCC1(C)CCC1)c1ccc(F)cc1. The molecule has 0 heterocycles. The lowest BCUT2D eigenvalue weighted by Gasteiger charge is -2.39. The van der Waals surface area contributed by atoms with E-state index in [0.29, 0.717) is 11.5 Å². The standard InChI is InChI=1S/C15H22FN/c1-3-14(12-5-7-13(16)8-6-12)17-11-15(2)9-4-10-15/h5-8,14,17H,3-4,9-11H2,1-2H3. The Hall–Kier alpha value is -0.890. The van der Waals surface area contributed by atoms with Crippen LogP contribution in [0.25, 0.3) is 0 Å². The van der Waals surface area contributed by atoms with Gasteiger partial charge in [0.25, 0.3) is 0 Å². The topological polar surface area (TPSA) is 12.0 Å². The number of hydrogen-bond acceptors (Lipinski definition) is 1. The highest BCUT2D eigenvalue weighted by Crippen LogP contribution is 2.40. The maximum Gasteiger partial charge on any atom is 0.123 e. The molecule has 1 unspecified atom stereocenters. The van der Waals surface area contributed by atoms with E-state index in [4.69, 9.17) is 0 Å². The van der Waals surface area contributed by atoms with Crippen LogP contribution in [0, 0.1) is 11.2 Å². The van der Waals surface area contributed by atoms with Crippen molar-refractivity contribution in [3.8, 4) is 0 Å². The summed E-state index contributed by atoms with van der Waals surface area (Å²) >= 11 is 0. The molecule has 1 fully saturated rings. The molecule has 94 valence electrons. The minimum absolute atomic E-state index is 0.158. The zero-order valence-corrected chi connectivity index (χ0v) is 10.8. The van der Waals surface area contributed by atoms with Crippen LogP contribution in [0.15, 0.2) is 24.3 Å². The fourth-order valence-corrected chi connectivity index (χ4v) is 2.52. The first kappa shape index (κ1) is 12.6. The van der Waals surface area contributed by atoms with Gasteiger partial charge in [0.1, 0.15) is 5.82 Å². The highest BCUT2D eigenvalue weighted by atomic mass is 19.1. The van der Waals surface area contributed by atoms with Crippen molar-refractivity contribution in [3.05, 3.63) is 35.6 Å². The molecule has 1 nitrogen and oxygen atoms in total. The summed E-state index contributed by atoms with van der Waals surface area (Å²) in [6.07, 6.45) is 5.08. The molecule has 1 aliphatic carbocycles. The lowest BCUT2D eigenvalue weighted by molar-refractivity contribution is 0.150. The summed E-state index contributed by atoms with van der Waals surface area (Å²) in [6.45, 7) is 5.59. The predicted octanol–water partition coefficient (Wildman–Crippen LogP) is 4.06. The van der Waals surface area contributed by atoms with Crippen LogP contribution in [-0.4, -0.2) is 6.54 Å². The molecule has 1 saturated carbocycles. The van der Waals surface area contributed by atoms with Crippen LogP contribution < -0.4 is 5.32 Å². The van der Waals surface area contributed by atoms with Gasteiger partial charge in [-0.25, -0.2) is 4.39 Å². The Morgan fingerprint density at radius 3 is 2.41 bits per heavy atom. The van der Waals surface area contributed by atoms with E-state index in [1.54, 1.807) is 12.1 Å². The summed E-state index contributed by atoms with van der Waals surface area (Å²) in [4.78, 5) is 0. The van der Waals surface area contributed by atoms with E-state index in [1.807, 2.05) is 12.1 Å². The summed E-state index contributed by atoms with van der Waals surface area (Å²) in [6, 6.07) is 7.22. The third kappa shape index (κ3) is 3.06. The van der Waals surface area contributed by atoms with Crippen LogP contribution in [0.4, 0.5) is 4.39 Å². The second-order valence-electron chi connectivity index (χ2n) is 5.56. The molecule has 2 heteroatoms. The van der Waals surface area contributed by atoms with Crippen LogP contribution in [0.2, 0.25) is 0 Å².